The van der Waals surface area contributed by atoms with Gasteiger partial charge in [0.15, 0.2) is 5.96 Å². The van der Waals surface area contributed by atoms with Gasteiger partial charge in [-0.1, -0.05) is 19.9 Å². The zero-order valence-electron chi connectivity index (χ0n) is 18.5. The van der Waals surface area contributed by atoms with Gasteiger partial charge in [-0.15, -0.1) is 24.0 Å². The monoisotopic (exact) mass is 519 g/mol. The van der Waals surface area contributed by atoms with Gasteiger partial charge in [0.2, 0.25) is 0 Å². The van der Waals surface area contributed by atoms with Crippen LogP contribution in [0.5, 0.6) is 0 Å². The van der Waals surface area contributed by atoms with E-state index in [2.05, 4.69) is 58.4 Å². The van der Waals surface area contributed by atoms with Crippen LogP contribution in [0.1, 0.15) is 39.7 Å². The minimum absolute atomic E-state index is 0. The highest BCUT2D eigenvalue weighted by atomic mass is 127. The zero-order chi connectivity index (χ0) is 20.4. The van der Waals surface area contributed by atoms with Crippen molar-refractivity contribution >= 4 is 35.8 Å². The number of anilines is 1. The molecule has 2 unspecified atom stereocenters. The van der Waals surface area contributed by atoms with Crippen molar-refractivity contribution in [2.75, 3.05) is 44.8 Å². The molecule has 1 aliphatic heterocycles. The predicted molar refractivity (Wildman–Crippen MR) is 130 cm³/mol. The molecule has 2 heterocycles. The summed E-state index contributed by atoms with van der Waals surface area (Å²) in [5, 5.41) is 6.72. The van der Waals surface area contributed by atoms with Crippen LogP contribution in [-0.2, 0) is 16.0 Å². The van der Waals surface area contributed by atoms with Crippen molar-refractivity contribution in [2.45, 2.75) is 52.9 Å². The van der Waals surface area contributed by atoms with E-state index in [9.17, 15) is 0 Å². The summed E-state index contributed by atoms with van der Waals surface area (Å²) in [5.74, 6) is 2.32. The summed E-state index contributed by atoms with van der Waals surface area (Å²) >= 11 is 0. The second-order valence-electron chi connectivity index (χ2n) is 7.53. The van der Waals surface area contributed by atoms with Crippen LogP contribution in [-0.4, -0.2) is 63.0 Å². The second kappa shape index (κ2) is 14.0. The van der Waals surface area contributed by atoms with Crippen LogP contribution in [0.2, 0.25) is 0 Å². The van der Waals surface area contributed by atoms with Gasteiger partial charge in [0, 0.05) is 46.0 Å². The quantitative estimate of drug-likeness (QED) is 0.297. The third-order valence-electron chi connectivity index (χ3n) is 4.90. The van der Waals surface area contributed by atoms with Gasteiger partial charge in [0.25, 0.3) is 0 Å². The smallest absolute Gasteiger partial charge is 0.191 e. The highest BCUT2D eigenvalue weighted by molar-refractivity contribution is 14.0. The molecule has 29 heavy (non-hydrogen) atoms. The lowest BCUT2D eigenvalue weighted by Gasteiger charge is -2.32. The molecule has 1 saturated heterocycles. The number of halogens is 1. The van der Waals surface area contributed by atoms with Crippen LogP contribution >= 0.6 is 24.0 Å². The number of aliphatic imine (C=N–C) groups is 1. The van der Waals surface area contributed by atoms with E-state index in [4.69, 9.17) is 9.47 Å². The second-order valence-corrected chi connectivity index (χ2v) is 7.53. The molecule has 7 nitrogen and oxygen atoms in total. The van der Waals surface area contributed by atoms with Crippen LogP contribution < -0.4 is 15.5 Å². The molecule has 0 amide bonds. The van der Waals surface area contributed by atoms with Gasteiger partial charge in [-0.05, 0) is 37.8 Å². The normalized spacial score (nSPS) is 18.3. The van der Waals surface area contributed by atoms with Gasteiger partial charge < -0.3 is 25.0 Å². The number of guanidine groups is 1. The third kappa shape index (κ3) is 9.04. The Bertz CT molecular complexity index is 597. The summed E-state index contributed by atoms with van der Waals surface area (Å²) in [4.78, 5) is 11.2. The molecule has 2 atom stereocenters. The highest BCUT2D eigenvalue weighted by Crippen LogP contribution is 2.15. The molecule has 0 aliphatic carbocycles. The molecular weight excluding hydrogens is 481 g/mol. The fourth-order valence-electron chi connectivity index (χ4n) is 3.30. The molecule has 1 aromatic heterocycles. The first-order chi connectivity index (χ1) is 13.5. The van der Waals surface area contributed by atoms with Crippen molar-refractivity contribution in [1.82, 2.24) is 15.6 Å². The number of nitrogens with zero attached hydrogens (tertiary/aromatic N) is 3. The summed E-state index contributed by atoms with van der Waals surface area (Å²) in [6, 6.07) is 4.20. The van der Waals surface area contributed by atoms with Crippen LogP contribution in [0.4, 0.5) is 5.82 Å². The molecule has 0 saturated carbocycles. The minimum atomic E-state index is 0. The Morgan fingerprint density at radius 3 is 2.76 bits per heavy atom. The summed E-state index contributed by atoms with van der Waals surface area (Å²) in [7, 11) is 1.79. The SMILES string of the molecule is CCOC(CCNC(=NC)NCc1ccc(N2CCOC(C)C2)nc1)C(C)C.I. The number of pyridine rings is 1. The maximum absolute atomic E-state index is 5.80. The molecule has 1 aliphatic rings. The molecule has 2 rings (SSSR count). The van der Waals surface area contributed by atoms with E-state index >= 15 is 0 Å². The van der Waals surface area contributed by atoms with Gasteiger partial charge in [0.1, 0.15) is 5.82 Å². The van der Waals surface area contributed by atoms with E-state index in [0.29, 0.717) is 12.5 Å². The molecule has 0 spiro atoms. The van der Waals surface area contributed by atoms with Crippen molar-refractivity contribution in [2.24, 2.45) is 10.9 Å². The van der Waals surface area contributed by atoms with Crippen molar-refractivity contribution in [3.05, 3.63) is 23.9 Å². The van der Waals surface area contributed by atoms with Crippen molar-refractivity contribution in [1.29, 1.82) is 0 Å². The lowest BCUT2D eigenvalue weighted by molar-refractivity contribution is 0.0258. The molecule has 166 valence electrons. The van der Waals surface area contributed by atoms with Gasteiger partial charge in [-0.3, -0.25) is 4.99 Å². The Hall–Kier alpha value is -1.13. The number of morpholine rings is 1. The summed E-state index contributed by atoms with van der Waals surface area (Å²) in [6.07, 6.45) is 3.42. The fraction of sp³-hybridized carbons (Fsp3) is 0.714. The van der Waals surface area contributed by atoms with Crippen molar-refractivity contribution in [3.63, 3.8) is 0 Å². The van der Waals surface area contributed by atoms with Crippen molar-refractivity contribution < 1.29 is 9.47 Å². The zero-order valence-corrected chi connectivity index (χ0v) is 20.8. The van der Waals surface area contributed by atoms with E-state index in [1.54, 1.807) is 7.05 Å². The van der Waals surface area contributed by atoms with Gasteiger partial charge in [-0.25, -0.2) is 4.98 Å². The van der Waals surface area contributed by atoms with E-state index in [1.807, 2.05) is 13.1 Å². The van der Waals surface area contributed by atoms with E-state index in [1.165, 1.54) is 0 Å². The Balaban J connectivity index is 0.00000420. The topological polar surface area (TPSA) is 71.0 Å². The largest absolute Gasteiger partial charge is 0.378 e. The third-order valence-corrected chi connectivity index (χ3v) is 4.90. The van der Waals surface area contributed by atoms with Crippen LogP contribution in [0.3, 0.4) is 0 Å². The molecule has 8 heteroatoms. The predicted octanol–water partition coefficient (Wildman–Crippen LogP) is 3.04. The van der Waals surface area contributed by atoms with Crippen LogP contribution in [0.25, 0.3) is 0 Å². The number of rotatable bonds is 9. The number of hydrogen-bond acceptors (Lipinski definition) is 5. The molecule has 0 radical (unpaired) electrons. The maximum Gasteiger partial charge on any atom is 0.191 e. The summed E-state index contributed by atoms with van der Waals surface area (Å²) < 4.78 is 11.4. The molecular formula is C21H38IN5O2. The standard InChI is InChI=1S/C21H37N5O2.HI/c1-6-27-19(16(2)3)9-10-23-21(22-5)25-14-18-7-8-20(24-13-18)26-11-12-28-17(4)15-26;/h7-8,13,16-17,19H,6,9-12,14-15H2,1-5H3,(H2,22,23,25);1H. The van der Waals surface area contributed by atoms with Gasteiger partial charge >= 0.3 is 0 Å². The lowest BCUT2D eigenvalue weighted by Crippen LogP contribution is -2.41. The Kier molecular flexibility index (Phi) is 12.5. The maximum atomic E-state index is 5.80. The van der Waals surface area contributed by atoms with Crippen LogP contribution in [0.15, 0.2) is 23.3 Å². The highest BCUT2D eigenvalue weighted by Gasteiger charge is 2.17. The summed E-state index contributed by atoms with van der Waals surface area (Å²) in [6.45, 7) is 13.3. The van der Waals surface area contributed by atoms with Crippen molar-refractivity contribution in [3.8, 4) is 0 Å². The number of ether oxygens (including phenoxy) is 2. The fourth-order valence-corrected chi connectivity index (χ4v) is 3.30. The molecule has 1 aromatic rings. The molecule has 0 bridgehead atoms. The van der Waals surface area contributed by atoms with Gasteiger partial charge in [-0.2, -0.15) is 0 Å². The van der Waals surface area contributed by atoms with E-state index in [0.717, 1.165) is 56.6 Å². The van der Waals surface area contributed by atoms with Crippen LogP contribution in [0, 0.1) is 5.92 Å². The Morgan fingerprint density at radius 2 is 2.17 bits per heavy atom. The Morgan fingerprint density at radius 1 is 1.38 bits per heavy atom. The summed E-state index contributed by atoms with van der Waals surface area (Å²) in [5.41, 5.74) is 1.13. The first-order valence-electron chi connectivity index (χ1n) is 10.4. The number of hydrogen-bond donors (Lipinski definition) is 2. The molecule has 1 fully saturated rings. The van der Waals surface area contributed by atoms with Gasteiger partial charge in [0.05, 0.1) is 18.8 Å². The van der Waals surface area contributed by atoms with E-state index < -0.39 is 0 Å². The minimum Gasteiger partial charge on any atom is -0.378 e. The first-order valence-corrected chi connectivity index (χ1v) is 10.4. The first kappa shape index (κ1) is 25.9. The molecule has 2 N–H and O–H groups in total. The number of aromatic nitrogens is 1. The average Bonchev–Trinajstić information content (AvgIpc) is 2.70. The molecule has 0 aromatic carbocycles. The lowest BCUT2D eigenvalue weighted by atomic mass is 10.0. The Labute approximate surface area is 193 Å². The average molecular weight is 519 g/mol. The van der Waals surface area contributed by atoms with E-state index in [-0.39, 0.29) is 36.2 Å². The number of nitrogens with one attached hydrogen (secondary N) is 2.